The smallest absolute Gasteiger partial charge is 0.346 e. The van der Waals surface area contributed by atoms with Gasteiger partial charge >= 0.3 is 11.9 Å². The minimum atomic E-state index is -0.597. The number of hydrogen-bond donors (Lipinski definition) is 0. The first kappa shape index (κ1) is 22.6. The van der Waals surface area contributed by atoms with Gasteiger partial charge in [-0.1, -0.05) is 96.3 Å². The fourth-order valence-corrected chi connectivity index (χ4v) is 7.86. The van der Waals surface area contributed by atoms with Crippen molar-refractivity contribution < 1.29 is 14.3 Å². The number of hydrogen-bond acceptors (Lipinski definition) is 5. The van der Waals surface area contributed by atoms with Crippen LogP contribution < -0.4 is 0 Å². The molecule has 3 nitrogen and oxygen atoms in total. The summed E-state index contributed by atoms with van der Waals surface area (Å²) in [7, 11) is 0. The number of benzene rings is 7. The van der Waals surface area contributed by atoms with Crippen molar-refractivity contribution in [2.45, 2.75) is 19.6 Å². The Bertz CT molecular complexity index is 1980. The highest BCUT2D eigenvalue weighted by Crippen LogP contribution is 2.51. The van der Waals surface area contributed by atoms with Crippen molar-refractivity contribution in [3.63, 3.8) is 0 Å². The van der Waals surface area contributed by atoms with Crippen LogP contribution in [0.25, 0.3) is 43.1 Å². The maximum atomic E-state index is 13.2. The standard InChI is InChI=1S/C34H18O3S2/c35-33-24-17-26(38-20-11-3-1-4-12-20)30-22-15-7-9-19-10-8-16-23(28(19)22)31-27(39-21-13-5-2-6-14-21)18-25(34(36)37-33)29(24)32(30)31/h1-18H. The Kier molecular flexibility index (Phi) is 4.99. The number of fused-ring (bicyclic) bond motifs is 2. The second-order valence-corrected chi connectivity index (χ2v) is 11.8. The molecule has 7 aromatic carbocycles. The molecule has 0 N–H and O–H groups in total. The molecule has 1 aliphatic rings. The summed E-state index contributed by atoms with van der Waals surface area (Å²) in [6.45, 7) is 0. The van der Waals surface area contributed by atoms with Gasteiger partial charge in [0.05, 0.1) is 11.1 Å². The summed E-state index contributed by atoms with van der Waals surface area (Å²) in [6, 6.07) is 36.9. The van der Waals surface area contributed by atoms with Gasteiger partial charge in [0.25, 0.3) is 0 Å². The Balaban J connectivity index is 1.61. The van der Waals surface area contributed by atoms with Gasteiger partial charge in [-0.25, -0.2) is 9.59 Å². The first-order valence-corrected chi connectivity index (χ1v) is 14.2. The Morgan fingerprint density at radius 2 is 0.949 bits per heavy atom. The average Bonchev–Trinajstić information content (AvgIpc) is 2.96. The summed E-state index contributed by atoms with van der Waals surface area (Å²) in [5.41, 5.74) is 0.872. The Labute approximate surface area is 232 Å². The van der Waals surface area contributed by atoms with Crippen LogP contribution in [0.15, 0.2) is 129 Å². The van der Waals surface area contributed by atoms with E-state index in [1.165, 1.54) is 5.39 Å². The Hall–Kier alpha value is -4.32. The molecule has 0 amide bonds. The molecule has 0 saturated carbocycles. The monoisotopic (exact) mass is 538 g/mol. The van der Waals surface area contributed by atoms with E-state index < -0.39 is 11.9 Å². The summed E-state index contributed by atoms with van der Waals surface area (Å²) in [6.07, 6.45) is 0. The highest BCUT2D eigenvalue weighted by atomic mass is 32.2. The number of carbonyl (C=O) groups excluding carboxylic acids is 2. The molecule has 7 aromatic rings. The fraction of sp³-hybridized carbons (Fsp3) is 0. The molecular weight excluding hydrogens is 521 g/mol. The van der Waals surface area contributed by atoms with Crippen LogP contribution in [-0.4, -0.2) is 11.9 Å². The highest BCUT2D eigenvalue weighted by Gasteiger charge is 2.32. The Morgan fingerprint density at radius 1 is 0.462 bits per heavy atom. The van der Waals surface area contributed by atoms with Crippen LogP contribution in [0.1, 0.15) is 20.7 Å². The third-order valence-corrected chi connectivity index (χ3v) is 9.44. The third kappa shape index (κ3) is 3.40. The average molecular weight is 539 g/mol. The van der Waals surface area contributed by atoms with Crippen molar-refractivity contribution in [1.29, 1.82) is 0 Å². The topological polar surface area (TPSA) is 43.4 Å². The van der Waals surface area contributed by atoms with E-state index in [0.717, 1.165) is 51.9 Å². The van der Waals surface area contributed by atoms with E-state index in [0.29, 0.717) is 16.5 Å². The molecular formula is C34H18O3S2. The van der Waals surface area contributed by atoms with Crippen molar-refractivity contribution in [1.82, 2.24) is 0 Å². The number of ether oxygens (including phenoxy) is 1. The molecule has 0 atom stereocenters. The Morgan fingerprint density at radius 3 is 1.44 bits per heavy atom. The van der Waals surface area contributed by atoms with Crippen molar-refractivity contribution in [2.75, 3.05) is 0 Å². The van der Waals surface area contributed by atoms with E-state index in [9.17, 15) is 9.59 Å². The summed E-state index contributed by atoms with van der Waals surface area (Å²) < 4.78 is 5.28. The summed E-state index contributed by atoms with van der Waals surface area (Å²) in [4.78, 5) is 30.4. The molecule has 5 heteroatoms. The zero-order valence-corrected chi connectivity index (χ0v) is 22.1. The largest absolute Gasteiger partial charge is 0.386 e. The summed E-state index contributed by atoms with van der Waals surface area (Å²) in [5, 5.41) is 8.30. The van der Waals surface area contributed by atoms with Gasteiger partial charge < -0.3 is 4.74 Å². The van der Waals surface area contributed by atoms with Crippen LogP contribution in [0.5, 0.6) is 0 Å². The van der Waals surface area contributed by atoms with Crippen molar-refractivity contribution in [3.05, 3.63) is 120 Å². The molecule has 0 aromatic heterocycles. The number of esters is 2. The van der Waals surface area contributed by atoms with E-state index in [1.807, 2.05) is 48.5 Å². The van der Waals surface area contributed by atoms with E-state index >= 15 is 0 Å². The van der Waals surface area contributed by atoms with E-state index in [-0.39, 0.29) is 0 Å². The van der Waals surface area contributed by atoms with Gasteiger partial charge in [-0.2, -0.15) is 0 Å². The van der Waals surface area contributed by atoms with Gasteiger partial charge in [-0.05, 0) is 57.9 Å². The molecule has 184 valence electrons. The summed E-state index contributed by atoms with van der Waals surface area (Å²) in [5.74, 6) is -1.19. The maximum absolute atomic E-state index is 13.2. The first-order chi connectivity index (χ1) is 19.2. The lowest BCUT2D eigenvalue weighted by Gasteiger charge is -2.24. The van der Waals surface area contributed by atoms with Crippen molar-refractivity contribution in [2.24, 2.45) is 0 Å². The lowest BCUT2D eigenvalue weighted by atomic mass is 9.86. The van der Waals surface area contributed by atoms with Crippen LogP contribution in [-0.2, 0) is 4.74 Å². The predicted molar refractivity (Wildman–Crippen MR) is 159 cm³/mol. The first-order valence-electron chi connectivity index (χ1n) is 12.6. The zero-order valence-electron chi connectivity index (χ0n) is 20.4. The van der Waals surface area contributed by atoms with Gasteiger partial charge in [0.15, 0.2) is 0 Å². The lowest BCUT2D eigenvalue weighted by Crippen LogP contribution is -2.20. The van der Waals surface area contributed by atoms with Crippen LogP contribution in [0, 0.1) is 0 Å². The molecule has 0 aliphatic carbocycles. The van der Waals surface area contributed by atoms with Gasteiger partial charge in [-0.15, -0.1) is 0 Å². The molecule has 0 spiro atoms. The van der Waals surface area contributed by atoms with Gasteiger partial charge in [-0.3, -0.25) is 0 Å². The number of cyclic esters (lactones) is 2. The highest BCUT2D eigenvalue weighted by molar-refractivity contribution is 8.00. The molecule has 39 heavy (non-hydrogen) atoms. The van der Waals surface area contributed by atoms with Crippen LogP contribution in [0.2, 0.25) is 0 Å². The van der Waals surface area contributed by atoms with Gasteiger partial charge in [0.1, 0.15) is 0 Å². The second kappa shape index (κ2) is 8.60. The minimum Gasteiger partial charge on any atom is -0.386 e. The van der Waals surface area contributed by atoms with Crippen LogP contribution >= 0.6 is 23.5 Å². The normalized spacial score (nSPS) is 13.1. The molecule has 0 saturated heterocycles. The number of carbonyl (C=O) groups is 2. The molecule has 0 unspecified atom stereocenters. The zero-order chi connectivity index (χ0) is 26.1. The van der Waals surface area contributed by atoms with E-state index in [2.05, 4.69) is 60.7 Å². The molecule has 0 bridgehead atoms. The fourth-order valence-electron chi connectivity index (χ4n) is 5.79. The minimum absolute atomic E-state index is 0.436. The third-order valence-electron chi connectivity index (χ3n) is 7.34. The van der Waals surface area contributed by atoms with Gasteiger partial charge in [0.2, 0.25) is 0 Å². The molecule has 8 rings (SSSR count). The quantitative estimate of drug-likeness (QED) is 0.0967. The second-order valence-electron chi connectivity index (χ2n) is 9.56. The van der Waals surface area contributed by atoms with Gasteiger partial charge in [0, 0.05) is 41.1 Å². The van der Waals surface area contributed by atoms with Crippen molar-refractivity contribution >= 4 is 78.6 Å². The van der Waals surface area contributed by atoms with E-state index in [4.69, 9.17) is 4.74 Å². The SMILES string of the molecule is O=C1OC(=O)c2cc(Sc3ccccc3)c3c4cccc5cccc(c6c(Sc7ccccc7)cc1c2c63)c54. The van der Waals surface area contributed by atoms with E-state index in [1.54, 1.807) is 23.5 Å². The van der Waals surface area contributed by atoms with Crippen LogP contribution in [0.3, 0.4) is 0 Å². The molecule has 0 radical (unpaired) electrons. The predicted octanol–water partition coefficient (Wildman–Crippen LogP) is 9.35. The lowest BCUT2D eigenvalue weighted by molar-refractivity contribution is 0.0391. The van der Waals surface area contributed by atoms with Crippen molar-refractivity contribution in [3.8, 4) is 0 Å². The molecule has 0 fully saturated rings. The maximum Gasteiger partial charge on any atom is 0.346 e. The molecule has 1 aliphatic heterocycles. The molecule has 1 heterocycles. The van der Waals surface area contributed by atoms with Crippen LogP contribution in [0.4, 0.5) is 0 Å². The summed E-state index contributed by atoms with van der Waals surface area (Å²) >= 11 is 3.26. The number of rotatable bonds is 4.